The molecule has 1 amide bonds. The van der Waals surface area contributed by atoms with Crippen molar-refractivity contribution in [1.82, 2.24) is 20.4 Å². The van der Waals surface area contributed by atoms with Crippen molar-refractivity contribution in [1.29, 1.82) is 0 Å². The Labute approximate surface area is 162 Å². The molecule has 0 aliphatic heterocycles. The molecule has 1 aliphatic rings. The molecule has 1 fully saturated rings. The fraction of sp³-hybridized carbons (Fsp3) is 0.545. The lowest BCUT2D eigenvalue weighted by atomic mass is 10.1. The van der Waals surface area contributed by atoms with Crippen LogP contribution in [-0.2, 0) is 6.54 Å². The molecule has 27 heavy (non-hydrogen) atoms. The molecule has 1 heterocycles. The first-order valence-electron chi connectivity index (χ1n) is 10.2. The van der Waals surface area contributed by atoms with E-state index in [0.29, 0.717) is 24.7 Å². The van der Waals surface area contributed by atoms with Crippen LogP contribution in [0.25, 0.3) is 0 Å². The summed E-state index contributed by atoms with van der Waals surface area (Å²) in [6, 6.07) is 10.5. The second-order valence-corrected chi connectivity index (χ2v) is 7.68. The second kappa shape index (κ2) is 9.70. The van der Waals surface area contributed by atoms with Crippen molar-refractivity contribution in [2.75, 3.05) is 13.1 Å². The predicted molar refractivity (Wildman–Crippen MR) is 109 cm³/mol. The number of rotatable bonds is 7. The Morgan fingerprint density at radius 1 is 1.11 bits per heavy atom. The Morgan fingerprint density at radius 3 is 2.59 bits per heavy atom. The maximum Gasteiger partial charge on any atom is 0.251 e. The van der Waals surface area contributed by atoms with Crippen LogP contribution >= 0.6 is 0 Å². The zero-order chi connectivity index (χ0) is 19.1. The van der Waals surface area contributed by atoms with E-state index in [4.69, 9.17) is 0 Å². The number of amides is 1. The van der Waals surface area contributed by atoms with E-state index in [0.717, 1.165) is 23.5 Å². The quantitative estimate of drug-likeness (QED) is 0.580. The van der Waals surface area contributed by atoms with Crippen LogP contribution in [-0.4, -0.2) is 34.8 Å². The minimum absolute atomic E-state index is 0.00659. The molecule has 0 atom stereocenters. The smallest absolute Gasteiger partial charge is 0.251 e. The number of hydrogen-bond donors (Lipinski definition) is 2. The van der Waals surface area contributed by atoms with Gasteiger partial charge in [0.1, 0.15) is 0 Å². The number of carbonyl (C=O) groups excluding carboxylic acids is 1. The number of nitrogens with one attached hydrogen (secondary N) is 2. The van der Waals surface area contributed by atoms with E-state index >= 15 is 0 Å². The lowest BCUT2D eigenvalue weighted by Crippen LogP contribution is -2.36. The summed E-state index contributed by atoms with van der Waals surface area (Å²) in [6.07, 6.45) is 7.91. The van der Waals surface area contributed by atoms with Crippen molar-refractivity contribution in [2.45, 2.75) is 65.0 Å². The van der Waals surface area contributed by atoms with Crippen molar-refractivity contribution < 1.29 is 4.79 Å². The molecular weight excluding hydrogens is 336 g/mol. The van der Waals surface area contributed by atoms with Crippen LogP contribution in [0.15, 0.2) is 30.3 Å². The fourth-order valence-corrected chi connectivity index (χ4v) is 3.86. The molecule has 5 heteroatoms. The number of aryl methyl sites for hydroxylation is 2. The number of carbonyl (C=O) groups is 1. The molecule has 1 aromatic heterocycles. The standard InChI is InChI=1S/C22H32N4O/c1-17-14-18(2)26(25-17)16-19-8-7-9-20(15-19)22(27)24-13-12-23-21-10-5-3-4-6-11-21/h7-9,14-15,21,23H,3-6,10-13,16H2,1-2H3,(H,24,27). The largest absolute Gasteiger partial charge is 0.351 e. The molecule has 0 radical (unpaired) electrons. The lowest BCUT2D eigenvalue weighted by molar-refractivity contribution is 0.0953. The van der Waals surface area contributed by atoms with Gasteiger partial charge in [-0.05, 0) is 50.5 Å². The number of benzene rings is 1. The Morgan fingerprint density at radius 2 is 1.89 bits per heavy atom. The highest BCUT2D eigenvalue weighted by molar-refractivity contribution is 5.94. The maximum absolute atomic E-state index is 12.5. The van der Waals surface area contributed by atoms with Crippen molar-refractivity contribution in [3.8, 4) is 0 Å². The highest BCUT2D eigenvalue weighted by atomic mass is 16.1. The number of hydrogen-bond acceptors (Lipinski definition) is 3. The van der Waals surface area contributed by atoms with E-state index in [-0.39, 0.29) is 5.91 Å². The van der Waals surface area contributed by atoms with Crippen molar-refractivity contribution >= 4 is 5.91 Å². The highest BCUT2D eigenvalue weighted by Crippen LogP contribution is 2.16. The average molecular weight is 369 g/mol. The zero-order valence-corrected chi connectivity index (χ0v) is 16.6. The van der Waals surface area contributed by atoms with E-state index in [1.807, 2.05) is 35.9 Å². The number of nitrogens with zero attached hydrogens (tertiary/aromatic N) is 2. The van der Waals surface area contributed by atoms with Crippen LogP contribution in [0.3, 0.4) is 0 Å². The van der Waals surface area contributed by atoms with Crippen molar-refractivity contribution in [3.05, 3.63) is 52.8 Å². The SMILES string of the molecule is Cc1cc(C)n(Cc2cccc(C(=O)NCCNC3CCCCCC3)c2)n1. The zero-order valence-electron chi connectivity index (χ0n) is 16.6. The third-order valence-electron chi connectivity index (χ3n) is 5.32. The highest BCUT2D eigenvalue weighted by Gasteiger charge is 2.12. The topological polar surface area (TPSA) is 59.0 Å². The molecule has 5 nitrogen and oxygen atoms in total. The molecule has 1 aromatic carbocycles. The van der Waals surface area contributed by atoms with Gasteiger partial charge in [0, 0.05) is 30.4 Å². The van der Waals surface area contributed by atoms with Gasteiger partial charge in [0.15, 0.2) is 0 Å². The summed E-state index contributed by atoms with van der Waals surface area (Å²) >= 11 is 0. The third-order valence-corrected chi connectivity index (χ3v) is 5.32. The number of aromatic nitrogens is 2. The predicted octanol–water partition coefficient (Wildman–Crippen LogP) is 3.59. The molecular formula is C22H32N4O. The van der Waals surface area contributed by atoms with Crippen LogP contribution in [0.1, 0.15) is 65.8 Å². The van der Waals surface area contributed by atoms with Gasteiger partial charge in [-0.3, -0.25) is 9.48 Å². The Kier molecular flexibility index (Phi) is 7.04. The monoisotopic (exact) mass is 368 g/mol. The first-order chi connectivity index (χ1) is 13.1. The molecule has 2 N–H and O–H groups in total. The average Bonchev–Trinajstić information content (AvgIpc) is 2.85. The van der Waals surface area contributed by atoms with Gasteiger partial charge in [0.25, 0.3) is 5.91 Å². The van der Waals surface area contributed by atoms with Gasteiger partial charge >= 0.3 is 0 Å². The van der Waals surface area contributed by atoms with Gasteiger partial charge in [0.05, 0.1) is 12.2 Å². The summed E-state index contributed by atoms with van der Waals surface area (Å²) in [5.74, 6) is -0.00659. The van der Waals surface area contributed by atoms with Gasteiger partial charge < -0.3 is 10.6 Å². The molecule has 0 unspecified atom stereocenters. The Hall–Kier alpha value is -2.14. The van der Waals surface area contributed by atoms with Crippen LogP contribution in [0, 0.1) is 13.8 Å². The van der Waals surface area contributed by atoms with Gasteiger partial charge in [-0.15, -0.1) is 0 Å². The van der Waals surface area contributed by atoms with Gasteiger partial charge in [-0.1, -0.05) is 37.8 Å². The minimum Gasteiger partial charge on any atom is -0.351 e. The summed E-state index contributed by atoms with van der Waals surface area (Å²) in [7, 11) is 0. The van der Waals surface area contributed by atoms with E-state index in [1.54, 1.807) is 0 Å². The second-order valence-electron chi connectivity index (χ2n) is 7.68. The van der Waals surface area contributed by atoms with E-state index in [1.165, 1.54) is 38.5 Å². The Balaban J connectivity index is 1.47. The molecule has 2 aromatic rings. The Bertz CT molecular complexity index is 745. The van der Waals surface area contributed by atoms with Crippen LogP contribution in [0.4, 0.5) is 0 Å². The normalized spacial score (nSPS) is 15.5. The third kappa shape index (κ3) is 5.93. The summed E-state index contributed by atoms with van der Waals surface area (Å²) in [5.41, 5.74) is 3.95. The summed E-state index contributed by atoms with van der Waals surface area (Å²) < 4.78 is 1.98. The van der Waals surface area contributed by atoms with E-state index in [2.05, 4.69) is 28.7 Å². The van der Waals surface area contributed by atoms with Crippen LogP contribution in [0.2, 0.25) is 0 Å². The van der Waals surface area contributed by atoms with Crippen molar-refractivity contribution in [2.24, 2.45) is 0 Å². The van der Waals surface area contributed by atoms with E-state index < -0.39 is 0 Å². The summed E-state index contributed by atoms with van der Waals surface area (Å²) in [5, 5.41) is 11.1. The van der Waals surface area contributed by atoms with Crippen LogP contribution in [0.5, 0.6) is 0 Å². The van der Waals surface area contributed by atoms with Gasteiger partial charge in [-0.25, -0.2) is 0 Å². The minimum atomic E-state index is -0.00659. The van der Waals surface area contributed by atoms with Crippen molar-refractivity contribution in [3.63, 3.8) is 0 Å². The molecule has 146 valence electrons. The first kappa shape index (κ1) is 19.6. The summed E-state index contributed by atoms with van der Waals surface area (Å²) in [6.45, 7) is 6.23. The summed E-state index contributed by atoms with van der Waals surface area (Å²) in [4.78, 5) is 12.5. The van der Waals surface area contributed by atoms with Gasteiger partial charge in [0.2, 0.25) is 0 Å². The molecule has 0 saturated heterocycles. The van der Waals surface area contributed by atoms with Gasteiger partial charge in [-0.2, -0.15) is 5.10 Å². The maximum atomic E-state index is 12.5. The van der Waals surface area contributed by atoms with E-state index in [9.17, 15) is 4.79 Å². The molecule has 1 saturated carbocycles. The fourth-order valence-electron chi connectivity index (χ4n) is 3.86. The lowest BCUT2D eigenvalue weighted by Gasteiger charge is -2.16. The van der Waals surface area contributed by atoms with Crippen LogP contribution < -0.4 is 10.6 Å². The molecule has 0 bridgehead atoms. The molecule has 0 spiro atoms. The molecule has 3 rings (SSSR count). The first-order valence-corrected chi connectivity index (χ1v) is 10.2. The molecule has 1 aliphatic carbocycles.